The summed E-state index contributed by atoms with van der Waals surface area (Å²) in [5.74, 6) is 0.0248. The summed E-state index contributed by atoms with van der Waals surface area (Å²) in [6.45, 7) is 2.89. The van der Waals surface area contributed by atoms with Gasteiger partial charge in [0.2, 0.25) is 0 Å². The Morgan fingerprint density at radius 1 is 1.43 bits per heavy atom. The lowest BCUT2D eigenvalue weighted by atomic mass is 10.0. The van der Waals surface area contributed by atoms with E-state index in [-0.39, 0.29) is 0 Å². The molecule has 0 fully saturated rings. The quantitative estimate of drug-likeness (QED) is 0.944. The van der Waals surface area contributed by atoms with Crippen LogP contribution in [0.5, 0.6) is 0 Å². The van der Waals surface area contributed by atoms with Gasteiger partial charge >= 0.3 is 5.97 Å². The van der Waals surface area contributed by atoms with Crippen molar-refractivity contribution in [3.63, 3.8) is 0 Å². The van der Waals surface area contributed by atoms with Gasteiger partial charge in [0.25, 0.3) is 0 Å². The predicted octanol–water partition coefficient (Wildman–Crippen LogP) is 2.83. The van der Waals surface area contributed by atoms with Crippen molar-refractivity contribution in [3.8, 4) is 11.3 Å². The molecule has 3 rings (SSSR count). The van der Waals surface area contributed by atoms with Crippen molar-refractivity contribution in [1.82, 2.24) is 10.1 Å². The molecule has 0 saturated carbocycles. The Morgan fingerprint density at radius 3 is 2.81 bits per heavy atom. The summed E-state index contributed by atoms with van der Waals surface area (Å²) in [6, 6.07) is 6.86. The van der Waals surface area contributed by atoms with Crippen molar-refractivity contribution in [1.29, 1.82) is 0 Å². The highest BCUT2D eigenvalue weighted by Gasteiger charge is 2.29. The van der Waals surface area contributed by atoms with Gasteiger partial charge in [0.15, 0.2) is 0 Å². The van der Waals surface area contributed by atoms with Gasteiger partial charge in [-0.3, -0.25) is 9.69 Å². The van der Waals surface area contributed by atoms with E-state index in [4.69, 9.17) is 21.2 Å². The first-order chi connectivity index (χ1) is 10.1. The first-order valence-corrected chi connectivity index (χ1v) is 7.14. The number of rotatable bonds is 3. The van der Waals surface area contributed by atoms with Crippen LogP contribution in [0.1, 0.15) is 18.2 Å². The maximum absolute atomic E-state index is 11.1. The Labute approximate surface area is 127 Å². The summed E-state index contributed by atoms with van der Waals surface area (Å²) < 4.78 is 5.40. The maximum atomic E-state index is 11.1. The predicted molar refractivity (Wildman–Crippen MR) is 78.2 cm³/mol. The Balaban J connectivity index is 1.92. The van der Waals surface area contributed by atoms with Gasteiger partial charge in [-0.1, -0.05) is 28.9 Å². The SMILES string of the molecule is CC(C(=O)O)N1CCc2onc(-c3ccc(Cl)cc3)c2C1. The number of aliphatic carboxylic acids is 1. The molecule has 0 saturated heterocycles. The first-order valence-electron chi connectivity index (χ1n) is 6.76. The van der Waals surface area contributed by atoms with Crippen molar-refractivity contribution in [2.75, 3.05) is 6.54 Å². The minimum atomic E-state index is -0.817. The fraction of sp³-hybridized carbons (Fsp3) is 0.333. The molecular weight excluding hydrogens is 292 g/mol. The molecule has 1 aromatic heterocycles. The molecule has 0 amide bonds. The van der Waals surface area contributed by atoms with Gasteiger partial charge in [0, 0.05) is 35.7 Å². The summed E-state index contributed by atoms with van der Waals surface area (Å²) in [5, 5.41) is 14.0. The first kappa shape index (κ1) is 14.1. The van der Waals surface area contributed by atoms with Gasteiger partial charge in [-0.15, -0.1) is 0 Å². The number of carboxylic acids is 1. The van der Waals surface area contributed by atoms with E-state index < -0.39 is 12.0 Å². The molecule has 6 heteroatoms. The monoisotopic (exact) mass is 306 g/mol. The zero-order valence-electron chi connectivity index (χ0n) is 11.5. The van der Waals surface area contributed by atoms with Crippen LogP contribution in [-0.4, -0.2) is 33.7 Å². The molecule has 1 aliphatic heterocycles. The number of hydrogen-bond acceptors (Lipinski definition) is 4. The average molecular weight is 307 g/mol. The van der Waals surface area contributed by atoms with Crippen molar-refractivity contribution in [2.24, 2.45) is 0 Å². The zero-order valence-corrected chi connectivity index (χ0v) is 12.3. The number of nitrogens with zero attached hydrogens (tertiary/aromatic N) is 2. The van der Waals surface area contributed by atoms with Crippen LogP contribution in [0.4, 0.5) is 0 Å². The summed E-state index contributed by atoms with van der Waals surface area (Å²) in [7, 11) is 0. The van der Waals surface area contributed by atoms with Crippen molar-refractivity contribution >= 4 is 17.6 Å². The second-order valence-electron chi connectivity index (χ2n) is 5.17. The van der Waals surface area contributed by atoms with Gasteiger partial charge in [0.1, 0.15) is 17.5 Å². The topological polar surface area (TPSA) is 66.6 Å². The molecule has 2 aromatic rings. The number of carbonyl (C=O) groups is 1. The molecule has 110 valence electrons. The highest BCUT2D eigenvalue weighted by atomic mass is 35.5. The van der Waals surface area contributed by atoms with Crippen molar-refractivity contribution < 1.29 is 14.4 Å². The van der Waals surface area contributed by atoms with E-state index >= 15 is 0 Å². The molecule has 1 N–H and O–H groups in total. The molecule has 0 radical (unpaired) electrons. The van der Waals surface area contributed by atoms with Crippen LogP contribution < -0.4 is 0 Å². The average Bonchev–Trinajstić information content (AvgIpc) is 2.90. The smallest absolute Gasteiger partial charge is 0.320 e. The lowest BCUT2D eigenvalue weighted by Crippen LogP contribution is -2.41. The number of hydrogen-bond donors (Lipinski definition) is 1. The molecular formula is C15H15ClN2O3. The highest BCUT2D eigenvalue weighted by molar-refractivity contribution is 6.30. The van der Waals surface area contributed by atoms with Crippen LogP contribution >= 0.6 is 11.6 Å². The summed E-state index contributed by atoms with van der Waals surface area (Å²) >= 11 is 5.90. The van der Waals surface area contributed by atoms with Crippen molar-refractivity contribution in [3.05, 3.63) is 40.6 Å². The van der Waals surface area contributed by atoms with Gasteiger partial charge < -0.3 is 9.63 Å². The molecule has 21 heavy (non-hydrogen) atoms. The Kier molecular flexibility index (Phi) is 3.69. The second-order valence-corrected chi connectivity index (χ2v) is 5.61. The van der Waals surface area contributed by atoms with E-state index in [0.29, 0.717) is 24.5 Å². The molecule has 1 unspecified atom stereocenters. The van der Waals surface area contributed by atoms with Crippen LogP contribution in [0.25, 0.3) is 11.3 Å². The van der Waals surface area contributed by atoms with Gasteiger partial charge in [0.05, 0.1) is 0 Å². The van der Waals surface area contributed by atoms with Crippen LogP contribution in [0.2, 0.25) is 5.02 Å². The highest BCUT2D eigenvalue weighted by Crippen LogP contribution is 2.31. The summed E-state index contributed by atoms with van der Waals surface area (Å²) in [6.07, 6.45) is 0.674. The standard InChI is InChI=1S/C15H15ClN2O3/c1-9(15(19)20)18-7-6-13-12(8-18)14(17-21-13)10-2-4-11(16)5-3-10/h2-5,9H,6-8H2,1H3,(H,19,20). The summed E-state index contributed by atoms with van der Waals surface area (Å²) in [4.78, 5) is 13.1. The molecule has 2 heterocycles. The van der Waals surface area contributed by atoms with Crippen LogP contribution in [0.3, 0.4) is 0 Å². The van der Waals surface area contributed by atoms with Crippen LogP contribution in [0, 0.1) is 0 Å². The third-order valence-corrected chi connectivity index (χ3v) is 4.13. The molecule has 1 atom stereocenters. The lowest BCUT2D eigenvalue weighted by molar-refractivity contribution is -0.143. The van der Waals surface area contributed by atoms with E-state index in [1.165, 1.54) is 0 Å². The Hall–Kier alpha value is -1.85. The number of fused-ring (bicyclic) bond motifs is 1. The van der Waals surface area contributed by atoms with E-state index in [1.54, 1.807) is 19.1 Å². The fourth-order valence-corrected chi connectivity index (χ4v) is 2.68. The van der Waals surface area contributed by atoms with E-state index in [9.17, 15) is 4.79 Å². The molecule has 0 bridgehead atoms. The van der Waals surface area contributed by atoms with Gasteiger partial charge in [-0.2, -0.15) is 0 Å². The Morgan fingerprint density at radius 2 is 2.14 bits per heavy atom. The maximum Gasteiger partial charge on any atom is 0.320 e. The largest absolute Gasteiger partial charge is 0.480 e. The van der Waals surface area contributed by atoms with E-state index in [0.717, 1.165) is 22.6 Å². The van der Waals surface area contributed by atoms with Gasteiger partial charge in [-0.05, 0) is 19.1 Å². The molecule has 0 spiro atoms. The van der Waals surface area contributed by atoms with E-state index in [1.807, 2.05) is 17.0 Å². The molecule has 0 aliphatic carbocycles. The number of carboxylic acid groups (broad SMARTS) is 1. The molecule has 1 aliphatic rings. The second kappa shape index (κ2) is 5.50. The van der Waals surface area contributed by atoms with Crippen molar-refractivity contribution in [2.45, 2.75) is 25.9 Å². The number of aromatic nitrogens is 1. The van der Waals surface area contributed by atoms with Crippen LogP contribution in [0.15, 0.2) is 28.8 Å². The summed E-state index contributed by atoms with van der Waals surface area (Å²) in [5.41, 5.74) is 2.66. The zero-order chi connectivity index (χ0) is 15.0. The molecule has 5 nitrogen and oxygen atoms in total. The van der Waals surface area contributed by atoms with E-state index in [2.05, 4.69) is 5.16 Å². The number of halogens is 1. The number of benzene rings is 1. The Bertz CT molecular complexity index is 666. The fourth-order valence-electron chi connectivity index (χ4n) is 2.55. The lowest BCUT2D eigenvalue weighted by Gasteiger charge is -2.29. The third kappa shape index (κ3) is 2.66. The third-order valence-electron chi connectivity index (χ3n) is 3.88. The van der Waals surface area contributed by atoms with Crippen LogP contribution in [-0.2, 0) is 17.8 Å². The minimum Gasteiger partial charge on any atom is -0.480 e. The van der Waals surface area contributed by atoms with Gasteiger partial charge in [-0.25, -0.2) is 0 Å². The molecule has 1 aromatic carbocycles. The minimum absolute atomic E-state index is 0.522. The normalized spacial score (nSPS) is 16.5.